The van der Waals surface area contributed by atoms with Gasteiger partial charge in [-0.3, -0.25) is 0 Å². The van der Waals surface area contributed by atoms with Crippen molar-refractivity contribution >= 4 is 31.9 Å². The van der Waals surface area contributed by atoms with Crippen LogP contribution < -0.4 is 10.1 Å². The van der Waals surface area contributed by atoms with E-state index in [0.717, 1.165) is 27.7 Å². The Bertz CT molecular complexity index is 379. The van der Waals surface area contributed by atoms with Gasteiger partial charge in [-0.25, -0.2) is 0 Å². The second kappa shape index (κ2) is 10.6. The first kappa shape index (κ1) is 17.9. The van der Waals surface area contributed by atoms with Crippen molar-refractivity contribution in [1.29, 1.82) is 0 Å². The van der Waals surface area contributed by atoms with Crippen molar-refractivity contribution < 1.29 is 14.2 Å². The maximum atomic E-state index is 5.78. The van der Waals surface area contributed by atoms with Crippen LogP contribution in [0.15, 0.2) is 21.1 Å². The summed E-state index contributed by atoms with van der Waals surface area (Å²) < 4.78 is 18.0. The number of hydrogen-bond donors (Lipinski definition) is 1. The lowest BCUT2D eigenvalue weighted by Crippen LogP contribution is -2.08. The highest BCUT2D eigenvalue weighted by molar-refractivity contribution is 9.11. The molecule has 0 saturated carbocycles. The number of benzene rings is 1. The lowest BCUT2D eigenvalue weighted by Gasteiger charge is -2.12. The fraction of sp³-hybridized carbons (Fsp3) is 0.571. The Morgan fingerprint density at radius 2 is 1.75 bits per heavy atom. The minimum absolute atomic E-state index is 0.621. The van der Waals surface area contributed by atoms with Gasteiger partial charge in [0.15, 0.2) is 0 Å². The topological polar surface area (TPSA) is 39.7 Å². The maximum Gasteiger partial charge on any atom is 0.147 e. The van der Waals surface area contributed by atoms with E-state index in [4.69, 9.17) is 14.2 Å². The zero-order chi connectivity index (χ0) is 14.8. The predicted molar refractivity (Wildman–Crippen MR) is 87.4 cm³/mol. The lowest BCUT2D eigenvalue weighted by molar-refractivity contribution is 0.0643. The van der Waals surface area contributed by atoms with E-state index < -0.39 is 0 Å². The zero-order valence-corrected chi connectivity index (χ0v) is 15.1. The zero-order valence-electron chi connectivity index (χ0n) is 11.9. The summed E-state index contributed by atoms with van der Waals surface area (Å²) in [5.41, 5.74) is 1.20. The van der Waals surface area contributed by atoms with Crippen LogP contribution in [0.1, 0.15) is 12.0 Å². The second-order valence-corrected chi connectivity index (χ2v) is 5.93. The molecule has 0 fully saturated rings. The molecule has 0 aliphatic rings. The van der Waals surface area contributed by atoms with Gasteiger partial charge in [0.2, 0.25) is 0 Å². The Labute approximate surface area is 137 Å². The number of nitrogens with one attached hydrogen (secondary N) is 1. The van der Waals surface area contributed by atoms with Crippen molar-refractivity contribution in [2.75, 3.05) is 40.6 Å². The fourth-order valence-corrected chi connectivity index (χ4v) is 3.15. The number of ether oxygens (including phenoxy) is 3. The van der Waals surface area contributed by atoms with Gasteiger partial charge in [-0.1, -0.05) is 0 Å². The van der Waals surface area contributed by atoms with Crippen LogP contribution in [0.2, 0.25) is 0 Å². The molecular weight excluding hydrogens is 390 g/mol. The molecular formula is C14H21Br2NO3. The third-order valence-electron chi connectivity index (χ3n) is 2.55. The number of methoxy groups -OCH3 is 1. The quantitative estimate of drug-likeness (QED) is 0.600. The van der Waals surface area contributed by atoms with Gasteiger partial charge < -0.3 is 19.5 Å². The van der Waals surface area contributed by atoms with Crippen LogP contribution in [-0.4, -0.2) is 40.6 Å². The molecule has 0 spiro atoms. The highest BCUT2D eigenvalue weighted by atomic mass is 79.9. The van der Waals surface area contributed by atoms with Gasteiger partial charge in [0, 0.05) is 26.7 Å². The first-order valence-corrected chi connectivity index (χ1v) is 8.09. The Morgan fingerprint density at radius 3 is 2.35 bits per heavy atom. The van der Waals surface area contributed by atoms with Crippen molar-refractivity contribution in [2.45, 2.75) is 13.0 Å². The molecule has 0 aliphatic heterocycles. The molecule has 0 unspecified atom stereocenters. The van der Waals surface area contributed by atoms with E-state index in [-0.39, 0.29) is 0 Å². The number of hydrogen-bond acceptors (Lipinski definition) is 4. The molecule has 1 rings (SSSR count). The largest absolute Gasteiger partial charge is 0.491 e. The number of rotatable bonds is 10. The van der Waals surface area contributed by atoms with E-state index in [1.807, 2.05) is 7.05 Å². The molecule has 114 valence electrons. The molecule has 20 heavy (non-hydrogen) atoms. The molecule has 1 N–H and O–H groups in total. The van der Waals surface area contributed by atoms with Gasteiger partial charge in [-0.15, -0.1) is 0 Å². The summed E-state index contributed by atoms with van der Waals surface area (Å²) in [5.74, 6) is 0.835. The Morgan fingerprint density at radius 1 is 1.05 bits per heavy atom. The van der Waals surface area contributed by atoms with Crippen LogP contribution >= 0.6 is 31.9 Å². The highest BCUT2D eigenvalue weighted by Crippen LogP contribution is 2.34. The van der Waals surface area contributed by atoms with Crippen molar-refractivity contribution in [3.63, 3.8) is 0 Å². The van der Waals surface area contributed by atoms with E-state index in [1.165, 1.54) is 5.56 Å². The summed E-state index contributed by atoms with van der Waals surface area (Å²) in [7, 11) is 3.59. The molecule has 1 aromatic carbocycles. The van der Waals surface area contributed by atoms with E-state index in [1.54, 1.807) is 7.11 Å². The van der Waals surface area contributed by atoms with Crippen LogP contribution in [0.25, 0.3) is 0 Å². The van der Waals surface area contributed by atoms with Gasteiger partial charge in [0.25, 0.3) is 0 Å². The maximum absolute atomic E-state index is 5.78. The molecule has 0 amide bonds. The monoisotopic (exact) mass is 409 g/mol. The lowest BCUT2D eigenvalue weighted by atomic mass is 10.2. The molecule has 6 heteroatoms. The molecule has 0 aromatic heterocycles. The molecule has 0 saturated heterocycles. The van der Waals surface area contributed by atoms with Crippen LogP contribution in [0.3, 0.4) is 0 Å². The van der Waals surface area contributed by atoms with E-state index in [9.17, 15) is 0 Å². The Kier molecular flexibility index (Phi) is 9.46. The molecule has 0 atom stereocenters. The Balaban J connectivity index is 2.36. The SMILES string of the molecule is CNCc1cc(Br)c(OCCCOCCOC)c(Br)c1. The first-order valence-electron chi connectivity index (χ1n) is 6.51. The average Bonchev–Trinajstić information content (AvgIpc) is 2.40. The summed E-state index contributed by atoms with van der Waals surface area (Å²) >= 11 is 7.08. The summed E-state index contributed by atoms with van der Waals surface area (Å²) in [4.78, 5) is 0. The van der Waals surface area contributed by atoms with Crippen molar-refractivity contribution in [1.82, 2.24) is 5.32 Å². The summed E-state index contributed by atoms with van der Waals surface area (Å²) in [6.45, 7) is 3.38. The third kappa shape index (κ3) is 6.54. The second-order valence-electron chi connectivity index (χ2n) is 4.23. The van der Waals surface area contributed by atoms with Crippen LogP contribution in [0, 0.1) is 0 Å². The normalized spacial score (nSPS) is 10.8. The highest BCUT2D eigenvalue weighted by Gasteiger charge is 2.08. The summed E-state index contributed by atoms with van der Waals surface area (Å²) in [6.07, 6.45) is 0.848. The van der Waals surface area contributed by atoms with Crippen LogP contribution in [0.4, 0.5) is 0 Å². The standard InChI is InChI=1S/C14H21Br2NO3/c1-17-10-11-8-12(15)14(13(16)9-11)20-5-3-4-19-7-6-18-2/h8-9,17H,3-7,10H2,1-2H3. The van der Waals surface area contributed by atoms with Gasteiger partial charge in [-0.05, 0) is 56.6 Å². The molecule has 0 heterocycles. The molecule has 0 bridgehead atoms. The Hall–Kier alpha value is -0.140. The smallest absolute Gasteiger partial charge is 0.147 e. The van der Waals surface area contributed by atoms with E-state index in [0.29, 0.717) is 26.4 Å². The third-order valence-corrected chi connectivity index (χ3v) is 3.73. The summed E-state index contributed by atoms with van der Waals surface area (Å²) in [6, 6.07) is 4.12. The van der Waals surface area contributed by atoms with Crippen LogP contribution in [0.5, 0.6) is 5.75 Å². The fourth-order valence-electron chi connectivity index (χ4n) is 1.64. The summed E-state index contributed by atoms with van der Waals surface area (Å²) in [5, 5.41) is 3.13. The molecule has 0 radical (unpaired) electrons. The van der Waals surface area contributed by atoms with Crippen molar-refractivity contribution in [3.8, 4) is 5.75 Å². The van der Waals surface area contributed by atoms with Crippen molar-refractivity contribution in [2.24, 2.45) is 0 Å². The van der Waals surface area contributed by atoms with E-state index in [2.05, 4.69) is 49.3 Å². The average molecular weight is 411 g/mol. The van der Waals surface area contributed by atoms with Gasteiger partial charge in [0.05, 0.1) is 28.8 Å². The van der Waals surface area contributed by atoms with Gasteiger partial charge >= 0.3 is 0 Å². The van der Waals surface area contributed by atoms with Gasteiger partial charge in [-0.2, -0.15) is 0 Å². The minimum atomic E-state index is 0.621. The van der Waals surface area contributed by atoms with Crippen LogP contribution in [-0.2, 0) is 16.0 Å². The number of halogens is 2. The van der Waals surface area contributed by atoms with Crippen molar-refractivity contribution in [3.05, 3.63) is 26.6 Å². The van der Waals surface area contributed by atoms with Gasteiger partial charge in [0.1, 0.15) is 5.75 Å². The van der Waals surface area contributed by atoms with E-state index >= 15 is 0 Å². The molecule has 0 aliphatic carbocycles. The first-order chi connectivity index (χ1) is 9.69. The molecule has 1 aromatic rings. The minimum Gasteiger partial charge on any atom is -0.491 e. The molecule has 4 nitrogen and oxygen atoms in total. The predicted octanol–water partition coefficient (Wildman–Crippen LogP) is 3.36.